The van der Waals surface area contributed by atoms with Crippen molar-refractivity contribution in [3.63, 3.8) is 0 Å². The van der Waals surface area contributed by atoms with Gasteiger partial charge < -0.3 is 9.11 Å². The molecule has 0 amide bonds. The first-order chi connectivity index (χ1) is 14.2. The maximum atomic E-state index is 10.7. The molecule has 0 bridgehead atoms. The number of nitrogens with zero attached hydrogens (tertiary/aromatic N) is 1. The van der Waals surface area contributed by atoms with Gasteiger partial charge in [0.25, 0.3) is 5.96 Å². The molecule has 0 aromatic heterocycles. The number of rotatable bonds is 3. The van der Waals surface area contributed by atoms with Crippen LogP contribution in [0, 0.1) is 0 Å². The van der Waals surface area contributed by atoms with Crippen molar-refractivity contribution < 1.29 is 56.9 Å². The van der Waals surface area contributed by atoms with E-state index < -0.39 is 38.7 Å². The normalized spacial score (nSPS) is 14.1. The zero-order chi connectivity index (χ0) is 28.9. The summed E-state index contributed by atoms with van der Waals surface area (Å²) in [6, 6.07) is 0.996. The van der Waals surface area contributed by atoms with E-state index in [0.29, 0.717) is 12.1 Å². The molecule has 0 heterocycles. The van der Waals surface area contributed by atoms with Crippen molar-refractivity contribution in [3.8, 4) is 0 Å². The molecule has 0 aromatic rings. The predicted molar refractivity (Wildman–Crippen MR) is 119 cm³/mol. The Balaban J connectivity index is -0.000000496. The molecule has 0 unspecified atom stereocenters. The Labute approximate surface area is 198 Å². The molecule has 0 saturated heterocycles. The summed E-state index contributed by atoms with van der Waals surface area (Å²) >= 11 is 0. The first-order valence-electron chi connectivity index (χ1n) is 9.59. The van der Waals surface area contributed by atoms with Crippen LogP contribution in [0.15, 0.2) is 0 Å². The predicted octanol–water partition coefficient (Wildman–Crippen LogP) is 4.44. The Hall–Kier alpha value is -0.540. The van der Waals surface area contributed by atoms with Gasteiger partial charge >= 0.3 is 11.0 Å². The first kappa shape index (κ1) is 38.0. The zero-order valence-corrected chi connectivity index (χ0v) is 23.3. The van der Waals surface area contributed by atoms with Gasteiger partial charge in [-0.1, -0.05) is 0 Å². The lowest BCUT2D eigenvalue weighted by molar-refractivity contribution is -0.581. The highest BCUT2D eigenvalue weighted by atomic mass is 32.2. The van der Waals surface area contributed by atoms with Gasteiger partial charge in [-0.05, 0) is 69.2 Å². The van der Waals surface area contributed by atoms with Crippen molar-refractivity contribution in [2.24, 2.45) is 5.50 Å². The largest absolute Gasteiger partial charge is 0.741 e. The number of hydrogen-bond acceptors (Lipinski definition) is 7. The van der Waals surface area contributed by atoms with Crippen molar-refractivity contribution in [2.45, 2.75) is 103 Å². The second-order valence-electron chi connectivity index (χ2n) is 9.67. The average Bonchev–Trinajstić information content (AvgIpc) is 2.46. The van der Waals surface area contributed by atoms with E-state index in [1.54, 1.807) is 0 Å². The lowest BCUT2D eigenvalue weighted by Gasteiger charge is -2.38. The minimum Gasteiger partial charge on any atom is -0.741 e. The second kappa shape index (κ2) is 12.1. The van der Waals surface area contributed by atoms with Gasteiger partial charge in [-0.3, -0.25) is 0 Å². The van der Waals surface area contributed by atoms with Gasteiger partial charge in [-0.15, -0.1) is 0 Å². The van der Waals surface area contributed by atoms with Crippen LogP contribution >= 0.6 is 7.41 Å². The molecule has 0 radical (unpaired) electrons. The molecule has 0 aromatic carbocycles. The van der Waals surface area contributed by atoms with Gasteiger partial charge in [0, 0.05) is 0 Å². The van der Waals surface area contributed by atoms with Crippen LogP contribution in [0.4, 0.5) is 26.3 Å². The summed E-state index contributed by atoms with van der Waals surface area (Å²) in [4.78, 5) is 0. The summed E-state index contributed by atoms with van der Waals surface area (Å²) in [5, 5.41) is 0.264. The maximum Gasteiger partial charge on any atom is 0.485 e. The van der Waals surface area contributed by atoms with Crippen molar-refractivity contribution in [1.29, 1.82) is 0 Å². The summed E-state index contributed by atoms with van der Waals surface area (Å²) in [7, 11) is -13.9. The summed E-state index contributed by atoms with van der Waals surface area (Å²) < 4.78 is 120. The Morgan fingerprint density at radius 1 is 0.706 bits per heavy atom. The fraction of sp³-hybridized carbons (Fsp3) is 0.941. The number of nitrogens with two attached hydrogens (primary N) is 1. The molecule has 208 valence electrons. The van der Waals surface area contributed by atoms with E-state index in [4.69, 9.17) is 31.4 Å². The topological polar surface area (TPSA) is 143 Å². The van der Waals surface area contributed by atoms with Crippen molar-refractivity contribution in [3.05, 3.63) is 0 Å². The smallest absolute Gasteiger partial charge is 0.485 e. The fourth-order valence-corrected chi connectivity index (χ4v) is 6.09. The van der Waals surface area contributed by atoms with Crippen molar-refractivity contribution in [2.75, 3.05) is 0 Å². The van der Waals surface area contributed by atoms with Gasteiger partial charge in [-0.25, -0.2) is 21.4 Å². The van der Waals surface area contributed by atoms with Gasteiger partial charge in [0.05, 0.1) is 10.3 Å². The number of alkyl halides is 6. The molecule has 2 N–H and O–H groups in total. The molecule has 34 heavy (non-hydrogen) atoms. The molecular weight excluding hydrogens is 537 g/mol. The monoisotopic (exact) mass is 572 g/mol. The van der Waals surface area contributed by atoms with Crippen LogP contribution in [-0.2, 0) is 20.2 Å². The van der Waals surface area contributed by atoms with E-state index in [9.17, 15) is 26.3 Å². The third-order valence-corrected chi connectivity index (χ3v) is 10.5. The SMILES string of the molecule is CC(C)[N+](=C[P+](N)(C(C)(C)C)C(C)(C)C)C(C)C.O=S(=O)([O-])C(F)(F)F.O=S(=O)([O-])C(F)(F)F. The highest BCUT2D eigenvalue weighted by Gasteiger charge is 2.58. The fourth-order valence-electron chi connectivity index (χ4n) is 2.43. The molecule has 0 aliphatic carbocycles. The highest BCUT2D eigenvalue weighted by Crippen LogP contribution is 2.68. The van der Waals surface area contributed by atoms with E-state index in [1.165, 1.54) is 0 Å². The Kier molecular flexibility index (Phi) is 13.6. The average molecular weight is 573 g/mol. The summed E-state index contributed by atoms with van der Waals surface area (Å²) in [6.45, 7) is 22.6. The second-order valence-corrected chi connectivity index (χ2v) is 16.9. The van der Waals surface area contributed by atoms with Crippen LogP contribution in [0.1, 0.15) is 69.2 Å². The molecule has 0 aliphatic rings. The molecule has 0 atom stereocenters. The Bertz CT molecular complexity index is 819. The van der Waals surface area contributed by atoms with Crippen LogP contribution in [0.5, 0.6) is 0 Å². The molecule has 17 heteroatoms. The third-order valence-electron chi connectivity index (χ3n) is 4.30. The van der Waals surface area contributed by atoms with Crippen LogP contribution in [-0.4, -0.2) is 69.9 Å². The maximum absolute atomic E-state index is 10.7. The van der Waals surface area contributed by atoms with Crippen LogP contribution in [0.25, 0.3) is 0 Å². The minimum atomic E-state index is -6.09. The Morgan fingerprint density at radius 3 is 0.971 bits per heavy atom. The van der Waals surface area contributed by atoms with E-state index in [-0.39, 0.29) is 10.3 Å². The van der Waals surface area contributed by atoms with E-state index in [0.717, 1.165) is 0 Å². The van der Waals surface area contributed by atoms with Crippen LogP contribution < -0.4 is 5.50 Å². The highest BCUT2D eigenvalue weighted by molar-refractivity contribution is 7.89. The summed E-state index contributed by atoms with van der Waals surface area (Å²) in [5.74, 6) is 2.39. The van der Waals surface area contributed by atoms with Gasteiger partial charge in [0.2, 0.25) is 0 Å². The quantitative estimate of drug-likeness (QED) is 0.132. The molecule has 0 spiro atoms. The standard InChI is InChI=1S/C15H35N2P.2CHF3O3S/c1-12(2)17(13(3)4)11-18(16,14(5,6)7)15(8,9)10;2*2-1(3,4)8(5,6)7/h11-13H,16H2,1-10H3;2*(H,5,6,7)/q+2;;/p-2. The molecule has 0 rings (SSSR count). The van der Waals surface area contributed by atoms with Gasteiger partial charge in [0.15, 0.2) is 39.7 Å². The van der Waals surface area contributed by atoms with Crippen molar-refractivity contribution in [1.82, 2.24) is 0 Å². The lowest BCUT2D eigenvalue weighted by atomic mass is 10.2. The lowest BCUT2D eigenvalue weighted by Crippen LogP contribution is -2.43. The molecular formula is C17H35F6N2O6PS2. The number of halogens is 6. The minimum absolute atomic E-state index is 0.132. The molecule has 0 fully saturated rings. The number of hydrogen-bond donors (Lipinski definition) is 1. The summed E-state index contributed by atoms with van der Waals surface area (Å²) in [5.41, 5.74) is -4.35. The van der Waals surface area contributed by atoms with Crippen LogP contribution in [0.2, 0.25) is 0 Å². The zero-order valence-electron chi connectivity index (χ0n) is 20.7. The van der Waals surface area contributed by atoms with Gasteiger partial charge in [-0.2, -0.15) is 31.8 Å². The van der Waals surface area contributed by atoms with Gasteiger partial charge in [0.1, 0.15) is 0 Å². The van der Waals surface area contributed by atoms with E-state index in [1.807, 2.05) is 0 Å². The summed E-state index contributed by atoms with van der Waals surface area (Å²) in [6.07, 6.45) is 0. The van der Waals surface area contributed by atoms with Crippen molar-refractivity contribution >= 4 is 33.6 Å². The third kappa shape index (κ3) is 12.4. The molecule has 0 saturated carbocycles. The first-order valence-corrected chi connectivity index (χ1v) is 14.3. The van der Waals surface area contributed by atoms with E-state index >= 15 is 0 Å². The molecule has 8 nitrogen and oxygen atoms in total. The van der Waals surface area contributed by atoms with Crippen LogP contribution in [0.3, 0.4) is 0 Å². The Morgan fingerprint density at radius 2 is 0.882 bits per heavy atom. The van der Waals surface area contributed by atoms with E-state index in [2.05, 4.69) is 79.8 Å². The molecule has 0 aliphatic heterocycles.